The summed E-state index contributed by atoms with van der Waals surface area (Å²) in [5.41, 5.74) is 2.41. The Labute approximate surface area is 208 Å². The summed E-state index contributed by atoms with van der Waals surface area (Å²) < 4.78 is 86.8. The molecule has 0 saturated carbocycles. The predicted octanol–water partition coefficient (Wildman–Crippen LogP) is 6.91. The average molecular weight is 524 g/mol. The molecule has 0 saturated heterocycles. The van der Waals surface area contributed by atoms with E-state index in [2.05, 4.69) is 10.2 Å². The van der Waals surface area contributed by atoms with Gasteiger partial charge in [0.05, 0.1) is 45.6 Å². The quantitative estimate of drug-likeness (QED) is 0.231. The molecular formula is C26H14F6N6. The summed E-state index contributed by atoms with van der Waals surface area (Å²) >= 11 is 0. The fourth-order valence-corrected chi connectivity index (χ4v) is 4.98. The highest BCUT2D eigenvalue weighted by Crippen LogP contribution is 2.36. The number of halogens is 6. The second-order valence-electron chi connectivity index (χ2n) is 8.80. The molecule has 4 heterocycles. The molecule has 0 atom stereocenters. The summed E-state index contributed by atoms with van der Waals surface area (Å²) in [5, 5.41) is 8.42. The SMILES string of the molecule is FC(F)(F)c1ccc2c(c1)n1nccc1n2-c1cccc(-n2c3ccc(C(F)(F)F)cc3n3nccc23)c1. The number of imidazole rings is 2. The standard InChI is InChI=1S/C26H14F6N6/c27-25(28,29)15-4-6-19-21(12-15)37-23(8-10-33-37)35(19)17-2-1-3-18(14-17)36-20-7-5-16(26(30,31)32)13-22(20)38-24(36)9-11-34-38/h1-14H. The molecule has 0 radical (unpaired) electrons. The Hall–Kier alpha value is -4.74. The van der Waals surface area contributed by atoms with Crippen molar-refractivity contribution in [1.29, 1.82) is 0 Å². The molecule has 7 rings (SSSR count). The molecule has 0 bridgehead atoms. The first-order valence-electron chi connectivity index (χ1n) is 11.3. The second-order valence-corrected chi connectivity index (χ2v) is 8.80. The molecule has 0 unspecified atom stereocenters. The molecule has 6 nitrogen and oxygen atoms in total. The Morgan fingerprint density at radius 1 is 0.500 bits per heavy atom. The maximum Gasteiger partial charge on any atom is 0.416 e. The summed E-state index contributed by atoms with van der Waals surface area (Å²) in [4.78, 5) is 0. The van der Waals surface area contributed by atoms with Crippen molar-refractivity contribution in [1.82, 2.24) is 28.4 Å². The lowest BCUT2D eigenvalue weighted by Gasteiger charge is -2.11. The first kappa shape index (κ1) is 22.5. The lowest BCUT2D eigenvalue weighted by molar-refractivity contribution is -0.138. The van der Waals surface area contributed by atoms with Crippen LogP contribution in [0.2, 0.25) is 0 Å². The minimum absolute atomic E-state index is 0.287. The Balaban J connectivity index is 1.46. The van der Waals surface area contributed by atoms with Gasteiger partial charge < -0.3 is 0 Å². The first-order valence-corrected chi connectivity index (χ1v) is 11.3. The number of nitrogens with zero attached hydrogens (tertiary/aromatic N) is 6. The van der Waals surface area contributed by atoms with E-state index in [-0.39, 0.29) is 11.0 Å². The summed E-state index contributed by atoms with van der Waals surface area (Å²) in [7, 11) is 0. The van der Waals surface area contributed by atoms with E-state index >= 15 is 0 Å². The number of fused-ring (bicyclic) bond motifs is 6. The average Bonchev–Trinajstić information content (AvgIpc) is 3.63. The van der Waals surface area contributed by atoms with Crippen molar-refractivity contribution >= 4 is 33.4 Å². The molecule has 190 valence electrons. The van der Waals surface area contributed by atoms with Gasteiger partial charge in [-0.15, -0.1) is 0 Å². The molecule has 38 heavy (non-hydrogen) atoms. The van der Waals surface area contributed by atoms with Crippen LogP contribution in [0.4, 0.5) is 26.3 Å². The highest BCUT2D eigenvalue weighted by atomic mass is 19.4. The second kappa shape index (κ2) is 7.40. The summed E-state index contributed by atoms with van der Waals surface area (Å²) in [6.45, 7) is 0. The Kier molecular flexibility index (Phi) is 4.37. The maximum absolute atomic E-state index is 13.4. The van der Waals surface area contributed by atoms with Gasteiger partial charge in [0.2, 0.25) is 0 Å². The largest absolute Gasteiger partial charge is 0.416 e. The third-order valence-electron chi connectivity index (χ3n) is 6.59. The van der Waals surface area contributed by atoms with Gasteiger partial charge in [-0.3, -0.25) is 9.13 Å². The molecule has 12 heteroatoms. The van der Waals surface area contributed by atoms with E-state index < -0.39 is 23.5 Å². The van der Waals surface area contributed by atoms with Crippen LogP contribution in [0.1, 0.15) is 11.1 Å². The minimum atomic E-state index is -4.51. The van der Waals surface area contributed by atoms with Crippen LogP contribution in [0.5, 0.6) is 0 Å². The number of hydrogen-bond donors (Lipinski definition) is 0. The number of rotatable bonds is 2. The molecule has 0 aliphatic heterocycles. The molecule has 0 N–H and O–H groups in total. The van der Waals surface area contributed by atoms with E-state index in [0.717, 1.165) is 24.3 Å². The van der Waals surface area contributed by atoms with Gasteiger partial charge in [-0.25, -0.2) is 9.03 Å². The summed E-state index contributed by atoms with van der Waals surface area (Å²) in [6.07, 6.45) is -6.01. The zero-order chi connectivity index (χ0) is 26.4. The van der Waals surface area contributed by atoms with Gasteiger partial charge in [-0.1, -0.05) is 6.07 Å². The fraction of sp³-hybridized carbons (Fsp3) is 0.0769. The van der Waals surface area contributed by atoms with E-state index in [4.69, 9.17) is 0 Å². The maximum atomic E-state index is 13.4. The van der Waals surface area contributed by atoms with E-state index in [1.165, 1.54) is 33.6 Å². The fourth-order valence-electron chi connectivity index (χ4n) is 4.98. The van der Waals surface area contributed by atoms with Crippen LogP contribution in [-0.4, -0.2) is 28.4 Å². The van der Waals surface area contributed by atoms with Gasteiger partial charge in [-0.05, 0) is 54.6 Å². The first-order chi connectivity index (χ1) is 18.1. The third-order valence-corrected chi connectivity index (χ3v) is 6.59. The van der Waals surface area contributed by atoms with Gasteiger partial charge in [0.1, 0.15) is 11.3 Å². The van der Waals surface area contributed by atoms with Crippen LogP contribution in [-0.2, 0) is 12.4 Å². The number of aromatic nitrogens is 6. The molecule has 0 spiro atoms. The van der Waals surface area contributed by atoms with Crippen LogP contribution in [0.25, 0.3) is 44.7 Å². The van der Waals surface area contributed by atoms with Crippen LogP contribution in [0.3, 0.4) is 0 Å². The van der Waals surface area contributed by atoms with Crippen molar-refractivity contribution in [2.24, 2.45) is 0 Å². The molecule has 7 aromatic rings. The lowest BCUT2D eigenvalue weighted by Crippen LogP contribution is -2.05. The molecule has 3 aromatic carbocycles. The molecule has 0 aliphatic carbocycles. The van der Waals surface area contributed by atoms with Gasteiger partial charge in [0.25, 0.3) is 0 Å². The summed E-state index contributed by atoms with van der Waals surface area (Å²) in [6, 6.07) is 17.5. The molecule has 0 amide bonds. The Bertz CT molecular complexity index is 1880. The van der Waals surface area contributed by atoms with E-state index in [1.807, 2.05) is 6.07 Å². The smallest absolute Gasteiger partial charge is 0.293 e. The van der Waals surface area contributed by atoms with Crippen molar-refractivity contribution in [2.45, 2.75) is 12.4 Å². The zero-order valence-electron chi connectivity index (χ0n) is 19.0. The normalized spacial score (nSPS) is 13.0. The monoisotopic (exact) mass is 524 g/mol. The minimum Gasteiger partial charge on any atom is -0.293 e. The van der Waals surface area contributed by atoms with Crippen LogP contribution >= 0.6 is 0 Å². The van der Waals surface area contributed by atoms with Crippen molar-refractivity contribution in [3.63, 3.8) is 0 Å². The van der Waals surface area contributed by atoms with Gasteiger partial charge in [0.15, 0.2) is 0 Å². The van der Waals surface area contributed by atoms with Crippen LogP contribution in [0.15, 0.2) is 85.2 Å². The van der Waals surface area contributed by atoms with Crippen molar-refractivity contribution in [2.75, 3.05) is 0 Å². The number of benzene rings is 3. The van der Waals surface area contributed by atoms with Crippen molar-refractivity contribution in [3.8, 4) is 11.4 Å². The molecule has 0 fully saturated rings. The molecule has 4 aromatic heterocycles. The summed E-state index contributed by atoms with van der Waals surface area (Å²) in [5.74, 6) is 0. The molecule has 0 aliphatic rings. The predicted molar refractivity (Wildman–Crippen MR) is 128 cm³/mol. The zero-order valence-corrected chi connectivity index (χ0v) is 19.0. The van der Waals surface area contributed by atoms with E-state index in [9.17, 15) is 26.3 Å². The van der Waals surface area contributed by atoms with Crippen molar-refractivity contribution < 1.29 is 26.3 Å². The topological polar surface area (TPSA) is 44.5 Å². The number of alkyl halides is 6. The van der Waals surface area contributed by atoms with E-state index in [0.29, 0.717) is 33.7 Å². The van der Waals surface area contributed by atoms with Gasteiger partial charge in [0, 0.05) is 23.5 Å². The third kappa shape index (κ3) is 3.15. The van der Waals surface area contributed by atoms with E-state index in [1.54, 1.807) is 39.5 Å². The Morgan fingerprint density at radius 2 is 0.947 bits per heavy atom. The highest BCUT2D eigenvalue weighted by molar-refractivity contribution is 5.87. The lowest BCUT2D eigenvalue weighted by atomic mass is 10.2. The van der Waals surface area contributed by atoms with Crippen LogP contribution in [0, 0.1) is 0 Å². The van der Waals surface area contributed by atoms with Gasteiger partial charge in [-0.2, -0.15) is 36.5 Å². The number of hydrogen-bond acceptors (Lipinski definition) is 2. The highest BCUT2D eigenvalue weighted by Gasteiger charge is 2.32. The molecular weight excluding hydrogens is 510 g/mol. The van der Waals surface area contributed by atoms with Crippen LogP contribution < -0.4 is 0 Å². The van der Waals surface area contributed by atoms with Crippen molar-refractivity contribution in [3.05, 3.63) is 96.3 Å². The Morgan fingerprint density at radius 3 is 1.37 bits per heavy atom. The van der Waals surface area contributed by atoms with Gasteiger partial charge >= 0.3 is 12.4 Å².